The van der Waals surface area contributed by atoms with Crippen molar-refractivity contribution < 1.29 is 29.1 Å². The molecule has 1 heterocycles. The molecule has 1 aromatic carbocycles. The standard InChI is InChI=1S/C9H17N3O2.C9H15NO2.C7H8.CH2O2/c1-11-5-9(14)12-3-2-7(6-12)4-8(10)13;1-4-9(12)10-8(6-11)5-7(2)3;1-7-5-3-2-4-6-7;2-1-3/h7,11H,2-6H2,1H3,(H2,10,13);4,6-8H,1,5H2,2-3H3,(H,10,12);2-6H,1H3;1H,(H,2,3)/t7-;;;/m0.../s1. The van der Waals surface area contributed by atoms with E-state index < -0.39 is 0 Å². The average molecular weight is 507 g/mol. The first-order valence-corrected chi connectivity index (χ1v) is 11.7. The molecule has 2 atom stereocenters. The molecule has 0 radical (unpaired) electrons. The summed E-state index contributed by atoms with van der Waals surface area (Å²) >= 11 is 0. The highest BCUT2D eigenvalue weighted by Crippen LogP contribution is 2.18. The minimum absolute atomic E-state index is 0.0967. The predicted octanol–water partition coefficient (Wildman–Crippen LogP) is 1.53. The summed E-state index contributed by atoms with van der Waals surface area (Å²) < 4.78 is 0. The molecule has 0 aromatic heterocycles. The first-order chi connectivity index (χ1) is 17.0. The Kier molecular flexibility index (Phi) is 21.1. The van der Waals surface area contributed by atoms with Crippen LogP contribution in [-0.4, -0.2) is 73.2 Å². The molecule has 36 heavy (non-hydrogen) atoms. The lowest BCUT2D eigenvalue weighted by Crippen LogP contribution is -2.35. The van der Waals surface area contributed by atoms with Gasteiger partial charge in [-0.25, -0.2) is 0 Å². The van der Waals surface area contributed by atoms with Gasteiger partial charge in [0, 0.05) is 19.5 Å². The lowest BCUT2D eigenvalue weighted by molar-refractivity contribution is -0.129. The number of carbonyl (C=O) groups excluding carboxylic acids is 4. The third-order valence-electron chi connectivity index (χ3n) is 4.80. The van der Waals surface area contributed by atoms with Crippen LogP contribution in [0.25, 0.3) is 0 Å². The molecule has 2 rings (SSSR count). The van der Waals surface area contributed by atoms with Gasteiger partial charge in [-0.3, -0.25) is 19.2 Å². The van der Waals surface area contributed by atoms with E-state index in [0.29, 0.717) is 31.8 Å². The maximum Gasteiger partial charge on any atom is 0.290 e. The number of primary amides is 1. The van der Waals surface area contributed by atoms with E-state index in [2.05, 4.69) is 36.3 Å². The average Bonchev–Trinajstić information content (AvgIpc) is 3.28. The van der Waals surface area contributed by atoms with Crippen LogP contribution in [0.15, 0.2) is 43.0 Å². The summed E-state index contributed by atoms with van der Waals surface area (Å²) in [5, 5.41) is 12.2. The number of hydrogen-bond acceptors (Lipinski definition) is 6. The first-order valence-electron chi connectivity index (χ1n) is 11.7. The van der Waals surface area contributed by atoms with Crippen LogP contribution >= 0.6 is 0 Å². The smallest absolute Gasteiger partial charge is 0.290 e. The highest BCUT2D eigenvalue weighted by molar-refractivity contribution is 5.88. The van der Waals surface area contributed by atoms with Crippen molar-refractivity contribution in [2.45, 2.75) is 46.1 Å². The SMILES string of the molecule is C=CC(=O)NC(C=O)CC(C)C.CNCC(=O)N1CC[C@@H](CC(N)=O)C1.Cc1ccccc1.O=CO. The van der Waals surface area contributed by atoms with Crippen LogP contribution in [0.1, 0.15) is 38.7 Å². The van der Waals surface area contributed by atoms with Crippen molar-refractivity contribution in [1.29, 1.82) is 0 Å². The van der Waals surface area contributed by atoms with Gasteiger partial charge in [0.25, 0.3) is 6.47 Å². The number of likely N-dealkylation sites (N-methyl/N-ethyl adjacent to an activating group) is 1. The Bertz CT molecular complexity index is 786. The minimum atomic E-state index is -0.379. The van der Waals surface area contributed by atoms with Crippen LogP contribution in [0.2, 0.25) is 0 Å². The number of benzene rings is 1. The zero-order valence-corrected chi connectivity index (χ0v) is 21.8. The van der Waals surface area contributed by atoms with E-state index in [0.717, 1.165) is 25.3 Å². The topological polar surface area (TPSA) is 159 Å². The predicted molar refractivity (Wildman–Crippen MR) is 140 cm³/mol. The van der Waals surface area contributed by atoms with Gasteiger partial charge in [0.05, 0.1) is 12.6 Å². The Balaban J connectivity index is 0. The van der Waals surface area contributed by atoms with E-state index in [1.165, 1.54) is 5.56 Å². The maximum absolute atomic E-state index is 11.4. The fourth-order valence-electron chi connectivity index (χ4n) is 3.21. The summed E-state index contributed by atoms with van der Waals surface area (Å²) in [6.07, 6.45) is 3.86. The number of nitrogens with one attached hydrogen (secondary N) is 2. The Morgan fingerprint density at radius 2 is 1.81 bits per heavy atom. The maximum atomic E-state index is 11.4. The molecule has 0 bridgehead atoms. The number of rotatable bonds is 9. The second-order valence-corrected chi connectivity index (χ2v) is 8.54. The van der Waals surface area contributed by atoms with E-state index in [-0.39, 0.29) is 36.2 Å². The zero-order chi connectivity index (χ0) is 27.9. The lowest BCUT2D eigenvalue weighted by Gasteiger charge is -2.15. The minimum Gasteiger partial charge on any atom is -0.483 e. The second-order valence-electron chi connectivity index (χ2n) is 8.54. The van der Waals surface area contributed by atoms with E-state index >= 15 is 0 Å². The number of aldehydes is 1. The van der Waals surface area contributed by atoms with Crippen LogP contribution in [0, 0.1) is 18.8 Å². The number of nitrogens with zero attached hydrogens (tertiary/aromatic N) is 1. The molecule has 10 heteroatoms. The molecule has 3 amide bonds. The van der Waals surface area contributed by atoms with E-state index in [1.54, 1.807) is 11.9 Å². The van der Waals surface area contributed by atoms with Gasteiger partial charge in [0.15, 0.2) is 0 Å². The van der Waals surface area contributed by atoms with Crippen molar-refractivity contribution in [1.82, 2.24) is 15.5 Å². The quantitative estimate of drug-likeness (QED) is 0.292. The highest BCUT2D eigenvalue weighted by atomic mass is 16.3. The van der Waals surface area contributed by atoms with Gasteiger partial charge in [-0.2, -0.15) is 0 Å². The van der Waals surface area contributed by atoms with Crippen LogP contribution in [-0.2, 0) is 24.0 Å². The van der Waals surface area contributed by atoms with Gasteiger partial charge < -0.3 is 31.2 Å². The largest absolute Gasteiger partial charge is 0.483 e. The molecule has 0 saturated carbocycles. The fraction of sp³-hybridized carbons (Fsp3) is 0.500. The monoisotopic (exact) mass is 506 g/mol. The summed E-state index contributed by atoms with van der Waals surface area (Å²) in [6.45, 7) is 10.9. The van der Waals surface area contributed by atoms with Gasteiger partial charge in [-0.15, -0.1) is 0 Å². The molecule has 1 unspecified atom stereocenters. The van der Waals surface area contributed by atoms with Crippen LogP contribution in [0.4, 0.5) is 0 Å². The highest BCUT2D eigenvalue weighted by Gasteiger charge is 2.26. The number of likely N-dealkylation sites (tertiary alicyclic amines) is 1. The van der Waals surface area contributed by atoms with Gasteiger partial charge in [0.2, 0.25) is 17.7 Å². The van der Waals surface area contributed by atoms with E-state index in [1.807, 2.05) is 32.0 Å². The number of aryl methyl sites for hydroxylation is 1. The Labute approximate surface area is 214 Å². The Morgan fingerprint density at radius 1 is 1.22 bits per heavy atom. The Morgan fingerprint density at radius 3 is 2.19 bits per heavy atom. The molecule has 1 aromatic rings. The van der Waals surface area contributed by atoms with Crippen molar-refractivity contribution in [3.8, 4) is 0 Å². The molecule has 1 aliphatic rings. The second kappa shape index (κ2) is 22.0. The van der Waals surface area contributed by atoms with Crippen molar-refractivity contribution in [3.05, 3.63) is 48.6 Å². The summed E-state index contributed by atoms with van der Waals surface area (Å²) in [5.41, 5.74) is 6.42. The molecular formula is C26H42N4O6. The molecule has 202 valence electrons. The zero-order valence-electron chi connectivity index (χ0n) is 21.8. The van der Waals surface area contributed by atoms with Crippen molar-refractivity contribution in [3.63, 3.8) is 0 Å². The fourth-order valence-corrected chi connectivity index (χ4v) is 3.21. The molecular weight excluding hydrogens is 464 g/mol. The molecule has 0 aliphatic carbocycles. The summed E-state index contributed by atoms with van der Waals surface area (Å²) in [5.74, 6) is 0.170. The normalized spacial score (nSPS) is 14.4. The first kappa shape index (κ1) is 34.6. The van der Waals surface area contributed by atoms with Gasteiger partial charge >= 0.3 is 0 Å². The number of nitrogens with two attached hydrogens (primary N) is 1. The third-order valence-corrected chi connectivity index (χ3v) is 4.80. The molecule has 1 aliphatic heterocycles. The van der Waals surface area contributed by atoms with Crippen molar-refractivity contribution >= 4 is 30.5 Å². The van der Waals surface area contributed by atoms with Crippen molar-refractivity contribution in [2.75, 3.05) is 26.7 Å². The number of hydrogen-bond donors (Lipinski definition) is 4. The number of carbonyl (C=O) groups is 5. The number of amides is 3. The molecule has 5 N–H and O–H groups in total. The molecule has 1 fully saturated rings. The molecule has 0 spiro atoms. The summed E-state index contributed by atoms with van der Waals surface area (Å²) in [7, 11) is 1.74. The molecule has 10 nitrogen and oxygen atoms in total. The Hall–Kier alpha value is -3.53. The third kappa shape index (κ3) is 19.9. The number of carboxylic acid groups (broad SMARTS) is 1. The van der Waals surface area contributed by atoms with Gasteiger partial charge in [-0.1, -0.05) is 56.3 Å². The summed E-state index contributed by atoms with van der Waals surface area (Å²) in [4.78, 5) is 53.4. The van der Waals surface area contributed by atoms with Crippen LogP contribution < -0.4 is 16.4 Å². The summed E-state index contributed by atoms with van der Waals surface area (Å²) in [6, 6.07) is 9.88. The molecule has 1 saturated heterocycles. The van der Waals surface area contributed by atoms with E-state index in [9.17, 15) is 19.2 Å². The van der Waals surface area contributed by atoms with Crippen molar-refractivity contribution in [2.24, 2.45) is 17.6 Å². The van der Waals surface area contributed by atoms with E-state index in [4.69, 9.17) is 15.6 Å². The van der Waals surface area contributed by atoms with Gasteiger partial charge in [-0.05, 0) is 44.7 Å². The lowest BCUT2D eigenvalue weighted by atomic mass is 10.1. The van der Waals surface area contributed by atoms with Crippen LogP contribution in [0.3, 0.4) is 0 Å². The van der Waals surface area contributed by atoms with Gasteiger partial charge in [0.1, 0.15) is 6.29 Å². The van der Waals surface area contributed by atoms with Crippen LogP contribution in [0.5, 0.6) is 0 Å².